The van der Waals surface area contributed by atoms with E-state index in [-0.39, 0.29) is 5.43 Å². The Balaban J connectivity index is 3.09. The first-order valence-corrected chi connectivity index (χ1v) is 4.04. The van der Waals surface area contributed by atoms with Gasteiger partial charge in [0.25, 0.3) is 0 Å². The topological polar surface area (TPSA) is 48.0 Å². The summed E-state index contributed by atoms with van der Waals surface area (Å²) in [6.07, 6.45) is 1.72. The average molecular weight is 174 g/mol. The molecular weight excluding hydrogens is 164 g/mol. The Labute approximate surface area is 75.4 Å². The zero-order valence-corrected chi connectivity index (χ0v) is 7.32. The van der Waals surface area contributed by atoms with Gasteiger partial charge in [-0.1, -0.05) is 6.07 Å². The number of nitrogens with zero attached hydrogens (tertiary/aromatic N) is 1. The minimum atomic E-state index is 0.0143. The zero-order valence-electron chi connectivity index (χ0n) is 7.32. The molecule has 0 fully saturated rings. The van der Waals surface area contributed by atoms with E-state index in [1.807, 2.05) is 11.6 Å². The van der Waals surface area contributed by atoms with Crippen LogP contribution in [0.2, 0.25) is 0 Å². The number of benzene rings is 1. The second kappa shape index (κ2) is 2.62. The van der Waals surface area contributed by atoms with Gasteiger partial charge in [0.1, 0.15) is 0 Å². The Morgan fingerprint density at radius 2 is 2.08 bits per heavy atom. The molecule has 0 unspecified atom stereocenters. The van der Waals surface area contributed by atoms with Crippen LogP contribution in [-0.4, -0.2) is 4.57 Å². The minimum Gasteiger partial charge on any atom is -0.397 e. The largest absolute Gasteiger partial charge is 0.397 e. The molecule has 1 aromatic carbocycles. The van der Waals surface area contributed by atoms with E-state index in [4.69, 9.17) is 5.73 Å². The minimum absolute atomic E-state index is 0.0143. The predicted molar refractivity (Wildman–Crippen MR) is 53.6 cm³/mol. The molecule has 0 saturated heterocycles. The quantitative estimate of drug-likeness (QED) is 0.608. The van der Waals surface area contributed by atoms with E-state index in [1.165, 1.54) is 0 Å². The predicted octanol–water partition coefficient (Wildman–Crippen LogP) is 1.12. The van der Waals surface area contributed by atoms with Gasteiger partial charge in [-0.05, 0) is 12.1 Å². The molecule has 0 atom stereocenters. The Morgan fingerprint density at radius 3 is 2.77 bits per heavy atom. The van der Waals surface area contributed by atoms with Gasteiger partial charge in [-0.15, -0.1) is 0 Å². The molecule has 2 rings (SSSR count). The van der Waals surface area contributed by atoms with Crippen LogP contribution in [0.1, 0.15) is 0 Å². The fourth-order valence-electron chi connectivity index (χ4n) is 1.50. The highest BCUT2D eigenvalue weighted by Gasteiger charge is 2.01. The molecule has 2 N–H and O–H groups in total. The first-order valence-electron chi connectivity index (χ1n) is 4.04. The maximum atomic E-state index is 11.4. The summed E-state index contributed by atoms with van der Waals surface area (Å²) < 4.78 is 1.85. The number of aromatic nitrogens is 1. The van der Waals surface area contributed by atoms with E-state index in [2.05, 4.69) is 0 Å². The van der Waals surface area contributed by atoms with Crippen LogP contribution in [-0.2, 0) is 7.05 Å². The third kappa shape index (κ3) is 1.09. The number of rotatable bonds is 0. The van der Waals surface area contributed by atoms with Crippen LogP contribution < -0.4 is 11.2 Å². The number of hydrogen-bond donors (Lipinski definition) is 1. The van der Waals surface area contributed by atoms with Gasteiger partial charge >= 0.3 is 0 Å². The van der Waals surface area contributed by atoms with E-state index < -0.39 is 0 Å². The first-order chi connectivity index (χ1) is 6.20. The van der Waals surface area contributed by atoms with Crippen LogP contribution in [0.15, 0.2) is 35.3 Å². The maximum Gasteiger partial charge on any atom is 0.189 e. The number of aryl methyl sites for hydroxylation is 1. The van der Waals surface area contributed by atoms with Gasteiger partial charge in [-0.2, -0.15) is 0 Å². The Kier molecular flexibility index (Phi) is 1.59. The molecule has 1 aromatic heterocycles. The third-order valence-corrected chi connectivity index (χ3v) is 2.13. The molecule has 0 amide bonds. The lowest BCUT2D eigenvalue weighted by atomic mass is 10.2. The summed E-state index contributed by atoms with van der Waals surface area (Å²) in [6.45, 7) is 0. The van der Waals surface area contributed by atoms with Gasteiger partial charge in [0.2, 0.25) is 0 Å². The van der Waals surface area contributed by atoms with E-state index in [0.29, 0.717) is 11.1 Å². The summed E-state index contributed by atoms with van der Waals surface area (Å²) in [5.74, 6) is 0. The van der Waals surface area contributed by atoms with Gasteiger partial charge in [0, 0.05) is 24.7 Å². The van der Waals surface area contributed by atoms with Crippen molar-refractivity contribution in [3.63, 3.8) is 0 Å². The molecule has 3 heteroatoms. The Bertz CT molecular complexity index is 506. The number of hydrogen-bond acceptors (Lipinski definition) is 2. The van der Waals surface area contributed by atoms with Crippen LogP contribution in [0.4, 0.5) is 5.69 Å². The second-order valence-corrected chi connectivity index (χ2v) is 3.03. The van der Waals surface area contributed by atoms with Crippen molar-refractivity contribution < 1.29 is 0 Å². The lowest BCUT2D eigenvalue weighted by Crippen LogP contribution is -2.06. The summed E-state index contributed by atoms with van der Waals surface area (Å²) in [7, 11) is 1.87. The monoisotopic (exact) mass is 174 g/mol. The SMILES string of the molecule is Cn1ccc(=O)c2cccc(N)c21. The lowest BCUT2D eigenvalue weighted by Gasteiger charge is -2.06. The van der Waals surface area contributed by atoms with Crippen molar-refractivity contribution in [2.24, 2.45) is 7.05 Å². The molecule has 0 aliphatic heterocycles. The van der Waals surface area contributed by atoms with Crippen LogP contribution in [0, 0.1) is 0 Å². The van der Waals surface area contributed by atoms with Crippen molar-refractivity contribution >= 4 is 16.6 Å². The fourth-order valence-corrected chi connectivity index (χ4v) is 1.50. The number of anilines is 1. The highest BCUT2D eigenvalue weighted by molar-refractivity contribution is 5.89. The van der Waals surface area contributed by atoms with Gasteiger partial charge in [-0.3, -0.25) is 4.79 Å². The number of pyridine rings is 1. The maximum absolute atomic E-state index is 11.4. The van der Waals surface area contributed by atoms with Crippen molar-refractivity contribution in [2.75, 3.05) is 5.73 Å². The summed E-state index contributed by atoms with van der Waals surface area (Å²) in [5.41, 5.74) is 7.22. The van der Waals surface area contributed by atoms with E-state index in [1.54, 1.807) is 30.5 Å². The highest BCUT2D eigenvalue weighted by Crippen LogP contribution is 2.16. The molecule has 3 nitrogen and oxygen atoms in total. The number of nitrogen functional groups attached to an aromatic ring is 1. The van der Waals surface area contributed by atoms with E-state index >= 15 is 0 Å². The zero-order chi connectivity index (χ0) is 9.42. The number of fused-ring (bicyclic) bond motifs is 1. The third-order valence-electron chi connectivity index (χ3n) is 2.13. The van der Waals surface area contributed by atoms with Gasteiger partial charge < -0.3 is 10.3 Å². The number of nitrogens with two attached hydrogens (primary N) is 1. The summed E-state index contributed by atoms with van der Waals surface area (Å²) in [6, 6.07) is 6.91. The normalized spacial score (nSPS) is 10.5. The molecule has 2 aromatic rings. The van der Waals surface area contributed by atoms with Crippen LogP contribution in [0.5, 0.6) is 0 Å². The van der Waals surface area contributed by atoms with E-state index in [0.717, 1.165) is 5.52 Å². The van der Waals surface area contributed by atoms with Crippen LogP contribution >= 0.6 is 0 Å². The molecule has 13 heavy (non-hydrogen) atoms. The van der Waals surface area contributed by atoms with E-state index in [9.17, 15) is 4.79 Å². The standard InChI is InChI=1S/C10H10N2O/c1-12-6-5-9(13)7-3-2-4-8(11)10(7)12/h2-6H,11H2,1H3. The van der Waals surface area contributed by atoms with Gasteiger partial charge in [0.15, 0.2) is 5.43 Å². The van der Waals surface area contributed by atoms with Crippen molar-refractivity contribution in [3.8, 4) is 0 Å². The summed E-state index contributed by atoms with van der Waals surface area (Å²) >= 11 is 0. The van der Waals surface area contributed by atoms with Crippen LogP contribution in [0.25, 0.3) is 10.9 Å². The molecule has 66 valence electrons. The average Bonchev–Trinajstić information content (AvgIpc) is 2.12. The molecule has 0 aliphatic carbocycles. The molecule has 0 aliphatic rings. The smallest absolute Gasteiger partial charge is 0.189 e. The summed E-state index contributed by atoms with van der Waals surface area (Å²) in [5, 5.41) is 0.671. The van der Waals surface area contributed by atoms with Gasteiger partial charge in [-0.25, -0.2) is 0 Å². The van der Waals surface area contributed by atoms with Crippen molar-refractivity contribution in [1.82, 2.24) is 4.57 Å². The van der Waals surface area contributed by atoms with Crippen molar-refractivity contribution in [1.29, 1.82) is 0 Å². The van der Waals surface area contributed by atoms with Crippen molar-refractivity contribution in [2.45, 2.75) is 0 Å². The molecule has 0 bridgehead atoms. The molecule has 0 spiro atoms. The second-order valence-electron chi connectivity index (χ2n) is 3.03. The fraction of sp³-hybridized carbons (Fsp3) is 0.100. The molecule has 0 radical (unpaired) electrons. The van der Waals surface area contributed by atoms with Crippen molar-refractivity contribution in [3.05, 3.63) is 40.7 Å². The van der Waals surface area contributed by atoms with Crippen LogP contribution in [0.3, 0.4) is 0 Å². The van der Waals surface area contributed by atoms with Gasteiger partial charge in [0.05, 0.1) is 11.2 Å². The summed E-state index contributed by atoms with van der Waals surface area (Å²) in [4.78, 5) is 11.4. The molecular formula is C10H10N2O. The molecule has 0 saturated carbocycles. The Hall–Kier alpha value is -1.77. The Morgan fingerprint density at radius 1 is 1.31 bits per heavy atom. The lowest BCUT2D eigenvalue weighted by molar-refractivity contribution is 0.952. The number of para-hydroxylation sites is 1. The molecule has 1 heterocycles. The highest BCUT2D eigenvalue weighted by atomic mass is 16.1. The first kappa shape index (κ1) is 7.86.